The summed E-state index contributed by atoms with van der Waals surface area (Å²) in [6, 6.07) is 0. The Morgan fingerprint density at radius 1 is 1.79 bits per heavy atom. The summed E-state index contributed by atoms with van der Waals surface area (Å²) in [5, 5.41) is 2.67. The van der Waals surface area contributed by atoms with Crippen molar-refractivity contribution in [1.29, 1.82) is 0 Å². The van der Waals surface area contributed by atoms with Gasteiger partial charge in [-0.05, 0) is 6.42 Å². The average Bonchev–Trinajstić information content (AvgIpc) is 2.66. The van der Waals surface area contributed by atoms with Crippen molar-refractivity contribution in [2.75, 3.05) is 11.9 Å². The maximum atomic E-state index is 11.6. The Balaban J connectivity index is 2.47. The number of carbonyl (C=O) groups excluding carboxylic acids is 1. The largest absolute Gasteiger partial charge is 0.331 e. The van der Waals surface area contributed by atoms with Crippen LogP contribution in [0.2, 0.25) is 0 Å². The lowest BCUT2D eigenvalue weighted by Crippen LogP contribution is -2.29. The van der Waals surface area contributed by atoms with Gasteiger partial charge >= 0.3 is 0 Å². The van der Waals surface area contributed by atoms with Crippen LogP contribution in [0.25, 0.3) is 0 Å². The van der Waals surface area contributed by atoms with Crippen molar-refractivity contribution in [2.24, 2.45) is 11.7 Å². The molecule has 0 aliphatic carbocycles. The number of hydrogen-bond donors (Lipinski definition) is 3. The minimum absolute atomic E-state index is 0.0655. The monoisotopic (exact) mass is 196 g/mol. The molecular formula is C9H16N4O. The van der Waals surface area contributed by atoms with E-state index in [2.05, 4.69) is 15.3 Å². The Hall–Kier alpha value is -1.36. The van der Waals surface area contributed by atoms with Gasteiger partial charge in [0.25, 0.3) is 0 Å². The highest BCUT2D eigenvalue weighted by atomic mass is 16.2. The Morgan fingerprint density at radius 2 is 2.57 bits per heavy atom. The van der Waals surface area contributed by atoms with E-state index in [-0.39, 0.29) is 11.8 Å². The van der Waals surface area contributed by atoms with Gasteiger partial charge in [0.2, 0.25) is 11.9 Å². The van der Waals surface area contributed by atoms with Gasteiger partial charge in [-0.25, -0.2) is 4.98 Å². The molecule has 0 saturated heterocycles. The summed E-state index contributed by atoms with van der Waals surface area (Å²) in [6.07, 6.45) is 5.01. The fourth-order valence-electron chi connectivity index (χ4n) is 1.26. The average molecular weight is 196 g/mol. The van der Waals surface area contributed by atoms with Crippen LogP contribution in [-0.2, 0) is 4.79 Å². The first-order valence-corrected chi connectivity index (χ1v) is 4.78. The first-order chi connectivity index (χ1) is 6.77. The van der Waals surface area contributed by atoms with Crippen LogP contribution in [0.1, 0.15) is 19.8 Å². The van der Waals surface area contributed by atoms with Crippen molar-refractivity contribution < 1.29 is 4.79 Å². The number of anilines is 1. The topological polar surface area (TPSA) is 83.8 Å². The lowest BCUT2D eigenvalue weighted by Gasteiger charge is -2.11. The molecule has 5 nitrogen and oxygen atoms in total. The van der Waals surface area contributed by atoms with E-state index in [0.29, 0.717) is 12.5 Å². The molecule has 1 rings (SSSR count). The zero-order chi connectivity index (χ0) is 10.4. The molecule has 78 valence electrons. The summed E-state index contributed by atoms with van der Waals surface area (Å²) >= 11 is 0. The van der Waals surface area contributed by atoms with E-state index in [1.807, 2.05) is 6.92 Å². The fraction of sp³-hybridized carbons (Fsp3) is 0.556. The number of imidazole rings is 1. The Morgan fingerprint density at radius 3 is 3.07 bits per heavy atom. The van der Waals surface area contributed by atoms with Crippen LogP contribution in [0, 0.1) is 5.92 Å². The Labute approximate surface area is 83.1 Å². The number of H-pyrrole nitrogens is 1. The first kappa shape index (κ1) is 10.7. The second-order valence-electron chi connectivity index (χ2n) is 3.15. The molecule has 0 bridgehead atoms. The molecule has 1 unspecified atom stereocenters. The normalized spacial score (nSPS) is 12.4. The third-order valence-corrected chi connectivity index (χ3v) is 2.03. The molecule has 0 spiro atoms. The third kappa shape index (κ3) is 2.85. The number of nitrogens with zero attached hydrogens (tertiary/aromatic N) is 1. The van der Waals surface area contributed by atoms with Gasteiger partial charge in [-0.2, -0.15) is 0 Å². The van der Waals surface area contributed by atoms with Gasteiger partial charge in [0.1, 0.15) is 0 Å². The zero-order valence-corrected chi connectivity index (χ0v) is 8.29. The number of rotatable bonds is 5. The molecule has 0 radical (unpaired) electrons. The molecule has 14 heavy (non-hydrogen) atoms. The van der Waals surface area contributed by atoms with Gasteiger partial charge in [0, 0.05) is 18.9 Å². The van der Waals surface area contributed by atoms with Gasteiger partial charge in [0.15, 0.2) is 0 Å². The minimum Gasteiger partial charge on any atom is -0.331 e. The molecule has 1 heterocycles. The van der Waals surface area contributed by atoms with E-state index in [1.54, 1.807) is 12.4 Å². The molecular weight excluding hydrogens is 180 g/mol. The maximum Gasteiger partial charge on any atom is 0.231 e. The number of aromatic amines is 1. The highest BCUT2D eigenvalue weighted by Gasteiger charge is 2.16. The van der Waals surface area contributed by atoms with E-state index >= 15 is 0 Å². The summed E-state index contributed by atoms with van der Waals surface area (Å²) < 4.78 is 0. The van der Waals surface area contributed by atoms with E-state index < -0.39 is 0 Å². The third-order valence-electron chi connectivity index (χ3n) is 2.03. The molecule has 0 fully saturated rings. The number of hydrogen-bond acceptors (Lipinski definition) is 3. The molecule has 1 atom stereocenters. The SMILES string of the molecule is CCCC(CN)C(=O)Nc1ncc[nH]1. The van der Waals surface area contributed by atoms with E-state index in [4.69, 9.17) is 5.73 Å². The highest BCUT2D eigenvalue weighted by molar-refractivity contribution is 5.91. The van der Waals surface area contributed by atoms with Crippen molar-refractivity contribution >= 4 is 11.9 Å². The van der Waals surface area contributed by atoms with Crippen molar-refractivity contribution in [2.45, 2.75) is 19.8 Å². The number of carbonyl (C=O) groups is 1. The number of nitrogens with two attached hydrogens (primary N) is 1. The summed E-state index contributed by atoms with van der Waals surface area (Å²) in [6.45, 7) is 2.41. The van der Waals surface area contributed by atoms with E-state index in [1.165, 1.54) is 0 Å². The Bertz CT molecular complexity index is 270. The van der Waals surface area contributed by atoms with Crippen molar-refractivity contribution in [3.05, 3.63) is 12.4 Å². The van der Waals surface area contributed by atoms with Crippen molar-refractivity contribution in [3.8, 4) is 0 Å². The summed E-state index contributed by atoms with van der Waals surface area (Å²) in [5.74, 6) is 0.291. The van der Waals surface area contributed by atoms with Gasteiger partial charge < -0.3 is 10.7 Å². The minimum atomic E-state index is -0.120. The predicted molar refractivity (Wildman–Crippen MR) is 54.7 cm³/mol. The molecule has 0 aromatic carbocycles. The number of nitrogens with one attached hydrogen (secondary N) is 2. The number of amides is 1. The van der Waals surface area contributed by atoms with Crippen LogP contribution < -0.4 is 11.1 Å². The quantitative estimate of drug-likeness (QED) is 0.649. The van der Waals surface area contributed by atoms with Gasteiger partial charge in [0.05, 0.1) is 5.92 Å². The summed E-state index contributed by atoms with van der Waals surface area (Å²) in [5.41, 5.74) is 5.50. The standard InChI is InChI=1S/C9H16N4O/c1-2-3-7(6-10)8(14)13-9-11-4-5-12-9/h4-5,7H,2-3,6,10H2,1H3,(H2,11,12,13,14). The number of aromatic nitrogens is 2. The zero-order valence-electron chi connectivity index (χ0n) is 8.29. The molecule has 5 heteroatoms. The van der Waals surface area contributed by atoms with Crippen LogP contribution in [0.3, 0.4) is 0 Å². The molecule has 1 aromatic rings. The molecule has 1 aromatic heterocycles. The van der Waals surface area contributed by atoms with Crippen LogP contribution in [0.5, 0.6) is 0 Å². The van der Waals surface area contributed by atoms with Gasteiger partial charge in [-0.3, -0.25) is 10.1 Å². The molecule has 4 N–H and O–H groups in total. The molecule has 1 amide bonds. The molecule has 0 aliphatic rings. The highest BCUT2D eigenvalue weighted by Crippen LogP contribution is 2.07. The molecule has 0 aliphatic heterocycles. The van der Waals surface area contributed by atoms with Crippen LogP contribution in [-0.4, -0.2) is 22.4 Å². The Kier molecular flexibility index (Phi) is 4.12. The van der Waals surface area contributed by atoms with E-state index in [0.717, 1.165) is 12.8 Å². The van der Waals surface area contributed by atoms with Crippen LogP contribution in [0.4, 0.5) is 5.95 Å². The van der Waals surface area contributed by atoms with Gasteiger partial charge in [-0.1, -0.05) is 13.3 Å². The van der Waals surface area contributed by atoms with Gasteiger partial charge in [-0.15, -0.1) is 0 Å². The lowest BCUT2D eigenvalue weighted by atomic mass is 10.0. The smallest absolute Gasteiger partial charge is 0.231 e. The summed E-state index contributed by atoms with van der Waals surface area (Å²) in [4.78, 5) is 18.3. The van der Waals surface area contributed by atoms with E-state index in [9.17, 15) is 4.79 Å². The maximum absolute atomic E-state index is 11.6. The predicted octanol–water partition coefficient (Wildman–Crippen LogP) is 0.723. The molecule has 0 saturated carbocycles. The lowest BCUT2D eigenvalue weighted by molar-refractivity contribution is -0.119. The van der Waals surface area contributed by atoms with Crippen molar-refractivity contribution in [3.63, 3.8) is 0 Å². The van der Waals surface area contributed by atoms with Crippen molar-refractivity contribution in [1.82, 2.24) is 9.97 Å². The first-order valence-electron chi connectivity index (χ1n) is 4.78. The second-order valence-corrected chi connectivity index (χ2v) is 3.15. The van der Waals surface area contributed by atoms with Crippen LogP contribution in [0.15, 0.2) is 12.4 Å². The second kappa shape index (κ2) is 5.39. The summed E-state index contributed by atoms with van der Waals surface area (Å²) in [7, 11) is 0. The van der Waals surface area contributed by atoms with Crippen LogP contribution >= 0.6 is 0 Å². The fourth-order valence-corrected chi connectivity index (χ4v) is 1.26.